The van der Waals surface area contributed by atoms with Gasteiger partial charge in [-0.05, 0) is 67.3 Å². The van der Waals surface area contributed by atoms with E-state index in [1.807, 2.05) is 31.2 Å². The summed E-state index contributed by atoms with van der Waals surface area (Å²) in [5, 5.41) is 10.1. The number of carbonyl (C=O) groups excluding carboxylic acids is 2. The molecule has 3 aromatic carbocycles. The molecule has 3 aromatic rings. The van der Waals surface area contributed by atoms with E-state index < -0.39 is 11.5 Å². The number of hydrogen-bond donors (Lipinski definition) is 3. The minimum absolute atomic E-state index is 0.0648. The van der Waals surface area contributed by atoms with Crippen molar-refractivity contribution in [3.8, 4) is 5.75 Å². The Balaban J connectivity index is 1.52. The molecule has 7 heteroatoms. The molecule has 2 aliphatic rings. The number of carbonyl (C=O) groups is 2. The van der Waals surface area contributed by atoms with Gasteiger partial charge < -0.3 is 15.4 Å². The molecule has 0 saturated carbocycles. The summed E-state index contributed by atoms with van der Waals surface area (Å²) in [6.07, 6.45) is 1.21. The molecule has 174 valence electrons. The first-order valence-electron chi connectivity index (χ1n) is 11.3. The molecule has 34 heavy (non-hydrogen) atoms. The zero-order chi connectivity index (χ0) is 23.9. The van der Waals surface area contributed by atoms with Crippen LogP contribution in [0.25, 0.3) is 0 Å². The molecule has 3 N–H and O–H groups in total. The van der Waals surface area contributed by atoms with Crippen LogP contribution >= 0.6 is 11.6 Å². The fourth-order valence-corrected chi connectivity index (χ4v) is 5.50. The smallest absolute Gasteiger partial charge is 0.250 e. The molecular weight excluding hydrogens is 450 g/mol. The van der Waals surface area contributed by atoms with Gasteiger partial charge in [0.2, 0.25) is 11.8 Å². The average Bonchev–Trinajstić information content (AvgIpc) is 3.34. The number of benzene rings is 3. The maximum absolute atomic E-state index is 13.7. The first-order chi connectivity index (χ1) is 16.4. The van der Waals surface area contributed by atoms with Crippen molar-refractivity contribution in [3.05, 3.63) is 88.4 Å². The monoisotopic (exact) mass is 475 g/mol. The number of nitrogens with one attached hydrogen (secondary N) is 3. The first-order valence-corrected chi connectivity index (χ1v) is 11.7. The Morgan fingerprint density at radius 1 is 1.15 bits per heavy atom. The number of methoxy groups -OCH3 is 1. The van der Waals surface area contributed by atoms with Crippen LogP contribution in [0, 0.1) is 12.8 Å². The Morgan fingerprint density at radius 2 is 1.88 bits per heavy atom. The Kier molecular flexibility index (Phi) is 5.80. The van der Waals surface area contributed by atoms with E-state index in [0.29, 0.717) is 29.3 Å². The Bertz CT molecular complexity index is 1250. The van der Waals surface area contributed by atoms with Gasteiger partial charge in [0, 0.05) is 28.0 Å². The summed E-state index contributed by atoms with van der Waals surface area (Å²) >= 11 is 6.41. The molecule has 1 spiro atoms. The van der Waals surface area contributed by atoms with Crippen LogP contribution in [0.15, 0.2) is 66.7 Å². The number of amides is 2. The minimum atomic E-state index is -1.19. The second-order valence-corrected chi connectivity index (χ2v) is 9.38. The van der Waals surface area contributed by atoms with E-state index in [2.05, 4.69) is 28.1 Å². The summed E-state index contributed by atoms with van der Waals surface area (Å²) < 4.78 is 5.21. The highest BCUT2D eigenvalue weighted by Crippen LogP contribution is 2.49. The van der Waals surface area contributed by atoms with E-state index in [0.717, 1.165) is 22.4 Å². The van der Waals surface area contributed by atoms with Crippen LogP contribution in [0.1, 0.15) is 23.1 Å². The lowest BCUT2D eigenvalue weighted by Gasteiger charge is -2.29. The van der Waals surface area contributed by atoms with Crippen molar-refractivity contribution in [2.24, 2.45) is 5.92 Å². The molecule has 0 aromatic heterocycles. The quantitative estimate of drug-likeness (QED) is 0.501. The molecule has 0 radical (unpaired) electrons. The number of rotatable bonds is 5. The van der Waals surface area contributed by atoms with E-state index in [4.69, 9.17) is 16.3 Å². The highest BCUT2D eigenvalue weighted by atomic mass is 35.5. The topological polar surface area (TPSA) is 79.5 Å². The Labute approximate surface area is 203 Å². The SMILES string of the molecule is COc1ccc(NC(=O)[C@H]2C[C@H](Cc3ccccc3)N[C@]23C(=O)Nc2c(C)cc(Cl)cc23)cc1. The molecule has 0 unspecified atom stereocenters. The number of hydrogen-bond acceptors (Lipinski definition) is 4. The number of halogens is 1. The van der Waals surface area contributed by atoms with Gasteiger partial charge in [-0.15, -0.1) is 0 Å². The van der Waals surface area contributed by atoms with Gasteiger partial charge in [-0.1, -0.05) is 41.9 Å². The Hall–Kier alpha value is -3.35. The lowest BCUT2D eigenvalue weighted by Crippen LogP contribution is -2.52. The average molecular weight is 476 g/mol. The fraction of sp³-hybridized carbons (Fsp3) is 0.259. The van der Waals surface area contributed by atoms with Crippen LogP contribution in [-0.4, -0.2) is 25.0 Å². The van der Waals surface area contributed by atoms with Gasteiger partial charge in [-0.2, -0.15) is 0 Å². The second kappa shape index (κ2) is 8.78. The number of fused-ring (bicyclic) bond motifs is 2. The molecular formula is C27H26ClN3O3. The summed E-state index contributed by atoms with van der Waals surface area (Å²) in [4.78, 5) is 27.2. The van der Waals surface area contributed by atoms with Gasteiger partial charge in [0.25, 0.3) is 0 Å². The molecule has 2 amide bonds. The lowest BCUT2D eigenvalue weighted by molar-refractivity contribution is -0.130. The van der Waals surface area contributed by atoms with Crippen molar-refractivity contribution in [1.82, 2.24) is 5.32 Å². The highest BCUT2D eigenvalue weighted by Gasteiger charge is 2.60. The van der Waals surface area contributed by atoms with E-state index in [9.17, 15) is 9.59 Å². The van der Waals surface area contributed by atoms with Crippen molar-refractivity contribution >= 4 is 34.8 Å². The van der Waals surface area contributed by atoms with Gasteiger partial charge in [0.1, 0.15) is 11.3 Å². The van der Waals surface area contributed by atoms with E-state index in [-0.39, 0.29) is 17.9 Å². The third kappa shape index (κ3) is 3.83. The summed E-state index contributed by atoms with van der Waals surface area (Å²) in [6.45, 7) is 1.91. The van der Waals surface area contributed by atoms with Crippen molar-refractivity contribution < 1.29 is 14.3 Å². The number of ether oxygens (including phenoxy) is 1. The Morgan fingerprint density at radius 3 is 2.59 bits per heavy atom. The summed E-state index contributed by atoms with van der Waals surface area (Å²) in [6, 6.07) is 20.8. The van der Waals surface area contributed by atoms with Crippen molar-refractivity contribution in [3.63, 3.8) is 0 Å². The summed E-state index contributed by atoms with van der Waals surface area (Å²) in [5.41, 5.74) is 2.93. The third-order valence-electron chi connectivity index (χ3n) is 6.80. The van der Waals surface area contributed by atoms with Crippen LogP contribution in [0.5, 0.6) is 5.75 Å². The molecule has 2 aliphatic heterocycles. The van der Waals surface area contributed by atoms with E-state index in [1.54, 1.807) is 37.4 Å². The zero-order valence-corrected chi connectivity index (χ0v) is 19.8. The molecule has 5 rings (SSSR count). The second-order valence-electron chi connectivity index (χ2n) is 8.94. The minimum Gasteiger partial charge on any atom is -0.497 e. The van der Waals surface area contributed by atoms with Gasteiger partial charge in [-0.25, -0.2) is 0 Å². The van der Waals surface area contributed by atoms with Crippen LogP contribution < -0.4 is 20.7 Å². The molecule has 3 atom stereocenters. The number of aryl methyl sites for hydroxylation is 1. The zero-order valence-electron chi connectivity index (χ0n) is 19.0. The summed E-state index contributed by atoms with van der Waals surface area (Å²) in [7, 11) is 1.59. The highest BCUT2D eigenvalue weighted by molar-refractivity contribution is 6.31. The van der Waals surface area contributed by atoms with Crippen LogP contribution in [-0.2, 0) is 21.5 Å². The largest absolute Gasteiger partial charge is 0.497 e. The van der Waals surface area contributed by atoms with Crippen molar-refractivity contribution in [2.75, 3.05) is 17.7 Å². The van der Waals surface area contributed by atoms with Crippen LogP contribution in [0.3, 0.4) is 0 Å². The summed E-state index contributed by atoms with van der Waals surface area (Å²) in [5.74, 6) is -0.358. The molecule has 0 aliphatic carbocycles. The molecule has 2 heterocycles. The van der Waals surface area contributed by atoms with Gasteiger partial charge >= 0.3 is 0 Å². The van der Waals surface area contributed by atoms with Gasteiger partial charge in [0.05, 0.1) is 13.0 Å². The van der Waals surface area contributed by atoms with E-state index in [1.165, 1.54) is 0 Å². The van der Waals surface area contributed by atoms with Gasteiger partial charge in [0.15, 0.2) is 0 Å². The molecule has 6 nitrogen and oxygen atoms in total. The van der Waals surface area contributed by atoms with Crippen LogP contribution in [0.4, 0.5) is 11.4 Å². The third-order valence-corrected chi connectivity index (χ3v) is 7.01. The molecule has 0 bridgehead atoms. The predicted molar refractivity (Wildman–Crippen MR) is 133 cm³/mol. The van der Waals surface area contributed by atoms with Crippen LogP contribution in [0.2, 0.25) is 5.02 Å². The maximum Gasteiger partial charge on any atom is 0.250 e. The lowest BCUT2D eigenvalue weighted by atomic mass is 9.79. The van der Waals surface area contributed by atoms with Crippen molar-refractivity contribution in [2.45, 2.75) is 31.3 Å². The van der Waals surface area contributed by atoms with Gasteiger partial charge in [-0.3, -0.25) is 14.9 Å². The molecule has 1 fully saturated rings. The maximum atomic E-state index is 13.7. The number of anilines is 2. The van der Waals surface area contributed by atoms with Crippen molar-refractivity contribution in [1.29, 1.82) is 0 Å². The predicted octanol–water partition coefficient (Wildman–Crippen LogP) is 4.66. The molecule has 1 saturated heterocycles. The standard InChI is InChI=1S/C27H26ClN3O3/c1-16-12-18(28)14-22-24(16)30-26(33)27(22)23(15-20(31-27)13-17-6-4-3-5-7-17)25(32)29-19-8-10-21(34-2)11-9-19/h3-12,14,20,23,31H,13,15H2,1-2H3,(H,29,32)(H,30,33)/t20-,23+,27-/m0/s1. The fourth-order valence-electron chi connectivity index (χ4n) is 5.23. The first kappa shape index (κ1) is 22.4. The van der Waals surface area contributed by atoms with E-state index >= 15 is 0 Å². The normalized spacial score (nSPS) is 23.0.